The molecule has 1 aliphatic rings. The summed E-state index contributed by atoms with van der Waals surface area (Å²) in [6, 6.07) is 0.553. The molecule has 0 aromatic heterocycles. The van der Waals surface area contributed by atoms with E-state index in [0.29, 0.717) is 19.0 Å². The molecule has 1 rings (SSSR count). The third-order valence-corrected chi connectivity index (χ3v) is 4.27. The second kappa shape index (κ2) is 8.98. The second-order valence-electron chi connectivity index (χ2n) is 5.98. The van der Waals surface area contributed by atoms with Crippen molar-refractivity contribution in [3.63, 3.8) is 0 Å². The van der Waals surface area contributed by atoms with E-state index in [1.54, 1.807) is 6.92 Å². The van der Waals surface area contributed by atoms with Crippen LogP contribution in [0.25, 0.3) is 0 Å². The molecule has 116 valence electrons. The number of nitrogens with one attached hydrogen (secondary N) is 1. The van der Waals surface area contributed by atoms with Gasteiger partial charge in [-0.1, -0.05) is 32.6 Å². The number of carbonyl (C=O) groups is 2. The number of carbonyl (C=O) groups excluding carboxylic acids is 2. The van der Waals surface area contributed by atoms with Gasteiger partial charge in [0.2, 0.25) is 11.8 Å². The van der Waals surface area contributed by atoms with Gasteiger partial charge in [-0.15, -0.1) is 0 Å². The quantitative estimate of drug-likeness (QED) is 0.762. The monoisotopic (exact) mass is 282 g/mol. The Morgan fingerprint density at radius 1 is 1.20 bits per heavy atom. The van der Waals surface area contributed by atoms with Crippen LogP contribution in [0.2, 0.25) is 0 Å². The van der Waals surface area contributed by atoms with E-state index >= 15 is 0 Å². The van der Waals surface area contributed by atoms with Crippen molar-refractivity contribution in [1.29, 1.82) is 0 Å². The minimum absolute atomic E-state index is 0.0548. The van der Waals surface area contributed by atoms with Gasteiger partial charge < -0.3 is 10.2 Å². The number of nitrogens with zero attached hydrogens (tertiary/aromatic N) is 1. The molecule has 20 heavy (non-hydrogen) atoms. The van der Waals surface area contributed by atoms with Gasteiger partial charge in [-0.05, 0) is 26.2 Å². The van der Waals surface area contributed by atoms with Crippen LogP contribution in [0, 0.1) is 0 Å². The fourth-order valence-electron chi connectivity index (χ4n) is 2.84. The summed E-state index contributed by atoms with van der Waals surface area (Å²) in [6.07, 6.45) is 8.48. The second-order valence-corrected chi connectivity index (χ2v) is 5.98. The van der Waals surface area contributed by atoms with Crippen molar-refractivity contribution >= 4 is 11.8 Å². The average molecular weight is 282 g/mol. The summed E-state index contributed by atoms with van der Waals surface area (Å²) in [4.78, 5) is 25.6. The number of hydrogen-bond donors (Lipinski definition) is 1. The maximum absolute atomic E-state index is 11.8. The molecule has 0 radical (unpaired) electrons. The van der Waals surface area contributed by atoms with Crippen LogP contribution in [0.5, 0.6) is 0 Å². The molecule has 1 fully saturated rings. The molecular formula is C16H30N2O2. The van der Waals surface area contributed by atoms with Crippen molar-refractivity contribution < 1.29 is 9.59 Å². The molecule has 4 heteroatoms. The summed E-state index contributed by atoms with van der Waals surface area (Å²) < 4.78 is 0. The average Bonchev–Trinajstić information content (AvgIpc) is 2.67. The largest absolute Gasteiger partial charge is 0.354 e. The maximum Gasteiger partial charge on any atom is 0.221 e. The Morgan fingerprint density at radius 2 is 1.80 bits per heavy atom. The fraction of sp³-hybridized carbons (Fsp3) is 0.875. The van der Waals surface area contributed by atoms with Crippen molar-refractivity contribution in [1.82, 2.24) is 10.2 Å². The van der Waals surface area contributed by atoms with E-state index in [1.165, 1.54) is 25.7 Å². The molecule has 4 nitrogen and oxygen atoms in total. The first-order valence-electron chi connectivity index (χ1n) is 8.11. The van der Waals surface area contributed by atoms with E-state index < -0.39 is 0 Å². The van der Waals surface area contributed by atoms with Gasteiger partial charge in [-0.3, -0.25) is 9.59 Å². The van der Waals surface area contributed by atoms with Crippen molar-refractivity contribution in [3.8, 4) is 0 Å². The zero-order valence-electron chi connectivity index (χ0n) is 13.3. The summed E-state index contributed by atoms with van der Waals surface area (Å²) >= 11 is 0. The first-order chi connectivity index (χ1) is 9.54. The lowest BCUT2D eigenvalue weighted by Gasteiger charge is -2.30. The van der Waals surface area contributed by atoms with Gasteiger partial charge >= 0.3 is 0 Å². The van der Waals surface area contributed by atoms with Gasteiger partial charge in [-0.25, -0.2) is 0 Å². The number of hydrogen-bond acceptors (Lipinski definition) is 2. The molecule has 1 aliphatic carbocycles. The first-order valence-corrected chi connectivity index (χ1v) is 8.11. The van der Waals surface area contributed by atoms with E-state index in [4.69, 9.17) is 0 Å². The SMILES string of the molecule is CCC(C)NC(=O)CCN(C(C)=O)C1CCCCCC1. The highest BCUT2D eigenvalue weighted by Gasteiger charge is 2.22. The number of amides is 2. The Bertz CT molecular complexity index is 310. The highest BCUT2D eigenvalue weighted by Crippen LogP contribution is 2.22. The molecule has 1 saturated carbocycles. The van der Waals surface area contributed by atoms with E-state index in [-0.39, 0.29) is 17.9 Å². The van der Waals surface area contributed by atoms with Crippen LogP contribution < -0.4 is 5.32 Å². The maximum atomic E-state index is 11.8. The topological polar surface area (TPSA) is 49.4 Å². The van der Waals surface area contributed by atoms with Gasteiger partial charge in [-0.2, -0.15) is 0 Å². The van der Waals surface area contributed by atoms with Crippen LogP contribution >= 0.6 is 0 Å². The normalized spacial score (nSPS) is 18.1. The third-order valence-electron chi connectivity index (χ3n) is 4.27. The molecular weight excluding hydrogens is 252 g/mol. The van der Waals surface area contributed by atoms with Crippen LogP contribution in [0.3, 0.4) is 0 Å². The fourth-order valence-corrected chi connectivity index (χ4v) is 2.84. The summed E-state index contributed by atoms with van der Waals surface area (Å²) in [7, 11) is 0. The molecule has 1 unspecified atom stereocenters. The van der Waals surface area contributed by atoms with E-state index in [2.05, 4.69) is 12.2 Å². The molecule has 0 aromatic rings. The number of rotatable bonds is 6. The molecule has 0 heterocycles. The van der Waals surface area contributed by atoms with Crippen LogP contribution in [0.15, 0.2) is 0 Å². The lowest BCUT2D eigenvalue weighted by atomic mass is 10.1. The van der Waals surface area contributed by atoms with E-state index in [1.807, 2.05) is 11.8 Å². The van der Waals surface area contributed by atoms with Crippen LogP contribution in [-0.4, -0.2) is 35.3 Å². The molecule has 0 aliphatic heterocycles. The molecule has 1 atom stereocenters. The van der Waals surface area contributed by atoms with Gasteiger partial charge in [0, 0.05) is 32.0 Å². The minimum Gasteiger partial charge on any atom is -0.354 e. The van der Waals surface area contributed by atoms with Gasteiger partial charge in [0.1, 0.15) is 0 Å². The highest BCUT2D eigenvalue weighted by atomic mass is 16.2. The molecule has 0 spiro atoms. The standard InChI is InChI=1S/C16H30N2O2/c1-4-13(2)17-16(20)11-12-18(14(3)19)15-9-7-5-6-8-10-15/h13,15H,4-12H2,1-3H3,(H,17,20). The van der Waals surface area contributed by atoms with Crippen molar-refractivity contribution in [2.45, 2.75) is 84.2 Å². The molecule has 0 saturated heterocycles. The first kappa shape index (κ1) is 17.0. The van der Waals surface area contributed by atoms with Crippen molar-refractivity contribution in [3.05, 3.63) is 0 Å². The Labute approximate surface area is 123 Å². The molecule has 0 bridgehead atoms. The lowest BCUT2D eigenvalue weighted by molar-refractivity contribution is -0.132. The Morgan fingerprint density at radius 3 is 2.30 bits per heavy atom. The summed E-state index contributed by atoms with van der Waals surface area (Å²) in [5.41, 5.74) is 0. The zero-order valence-corrected chi connectivity index (χ0v) is 13.3. The summed E-state index contributed by atoms with van der Waals surface area (Å²) in [6.45, 7) is 6.24. The Balaban J connectivity index is 2.46. The van der Waals surface area contributed by atoms with E-state index in [9.17, 15) is 9.59 Å². The highest BCUT2D eigenvalue weighted by molar-refractivity contribution is 5.78. The molecule has 1 N–H and O–H groups in total. The van der Waals surface area contributed by atoms with Gasteiger partial charge in [0.25, 0.3) is 0 Å². The van der Waals surface area contributed by atoms with Crippen LogP contribution in [0.1, 0.15) is 72.1 Å². The lowest BCUT2D eigenvalue weighted by Crippen LogP contribution is -2.42. The minimum atomic E-state index is 0.0548. The van der Waals surface area contributed by atoms with E-state index in [0.717, 1.165) is 19.3 Å². The van der Waals surface area contributed by atoms with Crippen molar-refractivity contribution in [2.24, 2.45) is 0 Å². The zero-order chi connectivity index (χ0) is 15.0. The predicted molar refractivity (Wildman–Crippen MR) is 81.4 cm³/mol. The van der Waals surface area contributed by atoms with Gasteiger partial charge in [0.05, 0.1) is 0 Å². The Hall–Kier alpha value is -1.06. The summed E-state index contributed by atoms with van der Waals surface area (Å²) in [5, 5.41) is 2.96. The molecule has 0 aromatic carbocycles. The van der Waals surface area contributed by atoms with Crippen LogP contribution in [-0.2, 0) is 9.59 Å². The third kappa shape index (κ3) is 5.93. The summed E-state index contributed by atoms with van der Waals surface area (Å²) in [5.74, 6) is 0.160. The molecule has 2 amide bonds. The van der Waals surface area contributed by atoms with Gasteiger partial charge in [0.15, 0.2) is 0 Å². The van der Waals surface area contributed by atoms with Crippen LogP contribution in [0.4, 0.5) is 0 Å². The predicted octanol–water partition coefficient (Wildman–Crippen LogP) is 2.86. The van der Waals surface area contributed by atoms with Crippen molar-refractivity contribution in [2.75, 3.05) is 6.54 Å². The Kier molecular flexibility index (Phi) is 7.63. The smallest absolute Gasteiger partial charge is 0.221 e.